The van der Waals surface area contributed by atoms with Crippen molar-refractivity contribution in [3.63, 3.8) is 0 Å². The van der Waals surface area contributed by atoms with Crippen LogP contribution in [0.2, 0.25) is 0 Å². The van der Waals surface area contributed by atoms with Crippen molar-refractivity contribution in [3.05, 3.63) is 42.1 Å². The van der Waals surface area contributed by atoms with E-state index in [-0.39, 0.29) is 23.9 Å². The average Bonchev–Trinajstić information content (AvgIpc) is 3.61. The van der Waals surface area contributed by atoms with Crippen LogP contribution in [0, 0.1) is 17.2 Å². The summed E-state index contributed by atoms with van der Waals surface area (Å²) in [7, 11) is 0. The molecule has 30 heavy (non-hydrogen) atoms. The summed E-state index contributed by atoms with van der Waals surface area (Å²) in [5.74, 6) is 0.405. The minimum Gasteiger partial charge on any atom is -0.486 e. The fraction of sp³-hybridized carbons (Fsp3) is 0.364. The molecule has 2 aliphatic rings. The molecule has 0 radical (unpaired) electrons. The monoisotopic (exact) mass is 408 g/mol. The lowest BCUT2D eigenvalue weighted by atomic mass is 10.0. The van der Waals surface area contributed by atoms with Gasteiger partial charge >= 0.3 is 0 Å². The number of nitrogens with zero attached hydrogens (tertiary/aromatic N) is 3. The van der Waals surface area contributed by atoms with Gasteiger partial charge in [-0.05, 0) is 43.2 Å². The first-order chi connectivity index (χ1) is 14.6. The van der Waals surface area contributed by atoms with E-state index in [1.54, 1.807) is 36.5 Å². The first-order valence-corrected chi connectivity index (χ1v) is 9.89. The summed E-state index contributed by atoms with van der Waals surface area (Å²) in [5, 5.41) is 12.4. The van der Waals surface area contributed by atoms with E-state index < -0.39 is 12.3 Å². The highest BCUT2D eigenvalue weighted by Crippen LogP contribution is 2.31. The smallest absolute Gasteiger partial charge is 0.227 e. The van der Waals surface area contributed by atoms with Crippen LogP contribution in [-0.4, -0.2) is 47.6 Å². The van der Waals surface area contributed by atoms with E-state index in [1.165, 1.54) is 4.90 Å². The van der Waals surface area contributed by atoms with Crippen LogP contribution >= 0.6 is 0 Å². The Bertz CT molecular complexity index is 1000. The Morgan fingerprint density at radius 2 is 2.13 bits per heavy atom. The summed E-state index contributed by atoms with van der Waals surface area (Å²) in [6.45, 7) is 0.398. The van der Waals surface area contributed by atoms with E-state index >= 15 is 0 Å². The standard InChI is InChI=1S/C22H21FN4O3/c23-18-12-27(13-28)8-6-21(18)30-20-4-3-15(9-16(20)11-24)19-10-17(5-7-25-19)26-22(29)14-1-2-14/h3-5,7,9-10,13-14,18,21H,1-2,6,8,12H2,(H,25,26,29)/t18-,21+/m1/s1. The number of aromatic nitrogens is 1. The van der Waals surface area contributed by atoms with Crippen LogP contribution in [0.4, 0.5) is 10.1 Å². The number of hydrogen-bond donors (Lipinski definition) is 1. The Hall–Kier alpha value is -3.47. The molecule has 1 aromatic carbocycles. The number of ether oxygens (including phenoxy) is 1. The summed E-state index contributed by atoms with van der Waals surface area (Å²) in [6, 6.07) is 10.6. The quantitative estimate of drug-likeness (QED) is 0.742. The molecular weight excluding hydrogens is 387 g/mol. The van der Waals surface area contributed by atoms with E-state index in [9.17, 15) is 19.2 Å². The number of piperidine rings is 1. The summed E-state index contributed by atoms with van der Waals surface area (Å²) in [4.78, 5) is 28.5. The number of amides is 2. The third-order valence-corrected chi connectivity index (χ3v) is 5.31. The first kappa shape index (κ1) is 19.8. The molecule has 1 saturated heterocycles. The molecule has 1 aliphatic heterocycles. The maximum absolute atomic E-state index is 14.3. The number of hydrogen-bond acceptors (Lipinski definition) is 5. The summed E-state index contributed by atoms with van der Waals surface area (Å²) < 4.78 is 20.1. The molecule has 2 heterocycles. The van der Waals surface area contributed by atoms with E-state index in [0.29, 0.717) is 42.1 Å². The van der Waals surface area contributed by atoms with Crippen molar-refractivity contribution in [1.29, 1.82) is 5.26 Å². The second-order valence-electron chi connectivity index (χ2n) is 7.58. The molecule has 0 bridgehead atoms. The van der Waals surface area contributed by atoms with Gasteiger partial charge in [0, 0.05) is 36.3 Å². The van der Waals surface area contributed by atoms with Gasteiger partial charge in [-0.2, -0.15) is 5.26 Å². The number of benzene rings is 1. The van der Waals surface area contributed by atoms with Crippen LogP contribution in [0.5, 0.6) is 5.75 Å². The van der Waals surface area contributed by atoms with Gasteiger partial charge in [-0.3, -0.25) is 14.6 Å². The highest BCUT2D eigenvalue weighted by molar-refractivity contribution is 5.94. The third-order valence-electron chi connectivity index (χ3n) is 5.31. The van der Waals surface area contributed by atoms with Gasteiger partial charge in [0.15, 0.2) is 6.17 Å². The van der Waals surface area contributed by atoms with Crippen molar-refractivity contribution < 1.29 is 18.7 Å². The number of nitriles is 1. The summed E-state index contributed by atoms with van der Waals surface area (Å²) in [5.41, 5.74) is 2.22. The lowest BCUT2D eigenvalue weighted by molar-refractivity contribution is -0.121. The van der Waals surface area contributed by atoms with E-state index in [2.05, 4.69) is 16.4 Å². The molecule has 7 nitrogen and oxygen atoms in total. The molecule has 0 unspecified atom stereocenters. The Morgan fingerprint density at radius 3 is 2.83 bits per heavy atom. The SMILES string of the molecule is N#Cc1cc(-c2cc(NC(=O)C3CC3)ccn2)ccc1O[C@H]1CCN(C=O)C[C@H]1F. The lowest BCUT2D eigenvalue weighted by Gasteiger charge is -2.32. The number of alkyl halides is 1. The van der Waals surface area contributed by atoms with Gasteiger partial charge in [-0.15, -0.1) is 0 Å². The summed E-state index contributed by atoms with van der Waals surface area (Å²) >= 11 is 0. The summed E-state index contributed by atoms with van der Waals surface area (Å²) in [6.07, 6.45) is 2.41. The molecule has 1 aliphatic carbocycles. The van der Waals surface area contributed by atoms with Gasteiger partial charge < -0.3 is 15.0 Å². The Kier molecular flexibility index (Phi) is 5.61. The number of anilines is 1. The van der Waals surface area contributed by atoms with Crippen molar-refractivity contribution in [1.82, 2.24) is 9.88 Å². The van der Waals surface area contributed by atoms with Gasteiger partial charge in [-0.25, -0.2) is 4.39 Å². The Balaban J connectivity index is 1.50. The van der Waals surface area contributed by atoms with E-state index in [4.69, 9.17) is 4.74 Å². The largest absolute Gasteiger partial charge is 0.486 e. The molecule has 154 valence electrons. The van der Waals surface area contributed by atoms with Crippen molar-refractivity contribution in [2.45, 2.75) is 31.5 Å². The number of rotatable bonds is 6. The van der Waals surface area contributed by atoms with Crippen LogP contribution < -0.4 is 10.1 Å². The fourth-order valence-electron chi connectivity index (χ4n) is 3.43. The highest BCUT2D eigenvalue weighted by atomic mass is 19.1. The normalized spacial score (nSPS) is 20.9. The van der Waals surface area contributed by atoms with Crippen molar-refractivity contribution >= 4 is 18.0 Å². The second kappa shape index (κ2) is 8.49. The highest BCUT2D eigenvalue weighted by Gasteiger charge is 2.31. The zero-order chi connectivity index (χ0) is 21.1. The topological polar surface area (TPSA) is 95.3 Å². The van der Waals surface area contributed by atoms with Crippen molar-refractivity contribution in [2.75, 3.05) is 18.4 Å². The van der Waals surface area contributed by atoms with E-state index in [0.717, 1.165) is 12.8 Å². The van der Waals surface area contributed by atoms with Gasteiger partial charge in [0.25, 0.3) is 0 Å². The molecule has 0 spiro atoms. The fourth-order valence-corrected chi connectivity index (χ4v) is 3.43. The molecule has 2 amide bonds. The van der Waals surface area contributed by atoms with Crippen LogP contribution in [0.15, 0.2) is 36.5 Å². The van der Waals surface area contributed by atoms with Gasteiger partial charge in [0.05, 0.1) is 17.8 Å². The molecule has 2 aromatic rings. The molecule has 1 N–H and O–H groups in total. The molecule has 2 atom stereocenters. The molecule has 2 fully saturated rings. The predicted octanol–water partition coefficient (Wildman–Crippen LogP) is 2.92. The van der Waals surface area contributed by atoms with Gasteiger partial charge in [0.1, 0.15) is 17.9 Å². The minimum absolute atomic E-state index is 0.00927. The number of halogens is 1. The number of carbonyl (C=O) groups excluding carboxylic acids is 2. The number of carbonyl (C=O) groups is 2. The van der Waals surface area contributed by atoms with Gasteiger partial charge in [0.2, 0.25) is 12.3 Å². The molecule has 8 heteroatoms. The Labute approximate surface area is 173 Å². The van der Waals surface area contributed by atoms with Crippen LogP contribution in [0.25, 0.3) is 11.3 Å². The van der Waals surface area contributed by atoms with E-state index in [1.807, 2.05) is 0 Å². The van der Waals surface area contributed by atoms with Crippen LogP contribution in [-0.2, 0) is 9.59 Å². The second-order valence-corrected chi connectivity index (χ2v) is 7.58. The predicted molar refractivity (Wildman–Crippen MR) is 107 cm³/mol. The zero-order valence-corrected chi connectivity index (χ0v) is 16.3. The molecular formula is C22H21FN4O3. The maximum Gasteiger partial charge on any atom is 0.227 e. The number of pyridine rings is 1. The average molecular weight is 408 g/mol. The lowest BCUT2D eigenvalue weighted by Crippen LogP contribution is -2.46. The molecule has 4 rings (SSSR count). The van der Waals surface area contributed by atoms with Crippen molar-refractivity contribution in [3.8, 4) is 23.1 Å². The van der Waals surface area contributed by atoms with Gasteiger partial charge in [-0.1, -0.05) is 0 Å². The minimum atomic E-state index is -1.32. The maximum atomic E-state index is 14.3. The first-order valence-electron chi connectivity index (χ1n) is 9.89. The van der Waals surface area contributed by atoms with Crippen molar-refractivity contribution in [2.24, 2.45) is 5.92 Å². The third kappa shape index (κ3) is 4.40. The zero-order valence-electron chi connectivity index (χ0n) is 16.3. The molecule has 1 saturated carbocycles. The molecule has 1 aromatic heterocycles. The number of likely N-dealkylation sites (tertiary alicyclic amines) is 1. The van der Waals surface area contributed by atoms with Crippen LogP contribution in [0.1, 0.15) is 24.8 Å². The Morgan fingerprint density at radius 1 is 1.30 bits per heavy atom. The van der Waals surface area contributed by atoms with Crippen LogP contribution in [0.3, 0.4) is 0 Å². The number of nitrogens with one attached hydrogen (secondary N) is 1.